The molecule has 0 atom stereocenters. The van der Waals surface area contributed by atoms with E-state index in [2.05, 4.69) is 10.3 Å². The van der Waals surface area contributed by atoms with Crippen molar-refractivity contribution in [3.05, 3.63) is 61.9 Å². The third-order valence-corrected chi connectivity index (χ3v) is 4.52. The van der Waals surface area contributed by atoms with Crippen LogP contribution in [0, 0.1) is 20.8 Å². The van der Waals surface area contributed by atoms with Gasteiger partial charge in [0.2, 0.25) is 0 Å². The average Bonchev–Trinajstić information content (AvgIpc) is 2.56. The highest BCUT2D eigenvalue weighted by Gasteiger charge is 2.16. The van der Waals surface area contributed by atoms with Crippen molar-refractivity contribution in [1.82, 2.24) is 14.1 Å². The van der Waals surface area contributed by atoms with Crippen LogP contribution in [-0.2, 0) is 14.1 Å². The Morgan fingerprint density at radius 1 is 1.00 bits per heavy atom. The van der Waals surface area contributed by atoms with Crippen LogP contribution in [-0.4, -0.2) is 14.1 Å². The largest absolute Gasteiger partial charge is 0.354 e. The molecule has 0 bridgehead atoms. The van der Waals surface area contributed by atoms with Crippen molar-refractivity contribution < 1.29 is 0 Å². The van der Waals surface area contributed by atoms with Gasteiger partial charge in [0, 0.05) is 26.0 Å². The predicted octanol–water partition coefficient (Wildman–Crippen LogP) is 2.30. The fraction of sp³-hybridized carbons (Fsp3) is 0.278. The molecule has 0 radical (unpaired) electrons. The molecule has 0 fully saturated rings. The summed E-state index contributed by atoms with van der Waals surface area (Å²) in [4.78, 5) is 29.1. The fourth-order valence-electron chi connectivity index (χ4n) is 2.81. The van der Waals surface area contributed by atoms with Gasteiger partial charge >= 0.3 is 5.69 Å². The van der Waals surface area contributed by atoms with E-state index < -0.39 is 0 Å². The quantitative estimate of drug-likeness (QED) is 0.785. The van der Waals surface area contributed by atoms with Crippen molar-refractivity contribution in [1.29, 1.82) is 0 Å². The molecular formula is C18H20N4O2. The van der Waals surface area contributed by atoms with Gasteiger partial charge in [-0.05, 0) is 43.5 Å². The molecule has 3 rings (SSSR count). The van der Waals surface area contributed by atoms with Crippen LogP contribution in [0.3, 0.4) is 0 Å². The molecular weight excluding hydrogens is 304 g/mol. The maximum absolute atomic E-state index is 12.7. The lowest BCUT2D eigenvalue weighted by Gasteiger charge is -2.16. The topological polar surface area (TPSA) is 68.9 Å². The second-order valence-corrected chi connectivity index (χ2v) is 6.09. The molecule has 0 unspecified atom stereocenters. The smallest absolute Gasteiger partial charge is 0.332 e. The lowest BCUT2D eigenvalue weighted by molar-refractivity contribution is 0.707. The Balaban J connectivity index is 2.36. The normalized spacial score (nSPS) is 11.0. The van der Waals surface area contributed by atoms with Crippen molar-refractivity contribution in [3.63, 3.8) is 0 Å². The molecule has 0 aliphatic heterocycles. The first-order chi connectivity index (χ1) is 11.3. The first-order valence-corrected chi connectivity index (χ1v) is 7.71. The molecule has 0 saturated heterocycles. The molecule has 24 heavy (non-hydrogen) atoms. The summed E-state index contributed by atoms with van der Waals surface area (Å²) >= 11 is 0. The number of rotatable bonds is 2. The van der Waals surface area contributed by atoms with E-state index in [-0.39, 0.29) is 11.2 Å². The van der Waals surface area contributed by atoms with Gasteiger partial charge in [0.05, 0.1) is 5.69 Å². The van der Waals surface area contributed by atoms with E-state index >= 15 is 0 Å². The lowest BCUT2D eigenvalue weighted by Crippen LogP contribution is -2.37. The van der Waals surface area contributed by atoms with Gasteiger partial charge in [-0.25, -0.2) is 9.78 Å². The Hall–Kier alpha value is -2.89. The Kier molecular flexibility index (Phi) is 3.75. The molecule has 0 amide bonds. The summed E-state index contributed by atoms with van der Waals surface area (Å²) in [5.41, 5.74) is 4.38. The van der Waals surface area contributed by atoms with Gasteiger partial charge in [-0.2, -0.15) is 0 Å². The Labute approximate surface area is 139 Å². The number of nitrogens with one attached hydrogen (secondary N) is 1. The summed E-state index contributed by atoms with van der Waals surface area (Å²) in [6.07, 6.45) is 1.68. The van der Waals surface area contributed by atoms with Gasteiger partial charge < -0.3 is 5.32 Å². The number of pyridine rings is 1. The minimum Gasteiger partial charge on any atom is -0.354 e. The van der Waals surface area contributed by atoms with Crippen molar-refractivity contribution in [2.24, 2.45) is 14.1 Å². The SMILES string of the molecule is Cc1cccc(Nc2c(C)cnc3c2c(=O)n(C)c(=O)n3C)c1C. The van der Waals surface area contributed by atoms with Crippen LogP contribution in [0.15, 0.2) is 34.0 Å². The van der Waals surface area contributed by atoms with E-state index in [1.54, 1.807) is 13.2 Å². The second-order valence-electron chi connectivity index (χ2n) is 6.09. The van der Waals surface area contributed by atoms with Gasteiger partial charge in [-0.3, -0.25) is 13.9 Å². The number of anilines is 2. The summed E-state index contributed by atoms with van der Waals surface area (Å²) in [6.45, 7) is 5.97. The molecule has 1 N–H and O–H groups in total. The summed E-state index contributed by atoms with van der Waals surface area (Å²) in [5.74, 6) is 0. The molecule has 0 aliphatic rings. The molecule has 6 nitrogen and oxygen atoms in total. The van der Waals surface area contributed by atoms with Gasteiger partial charge in [-0.1, -0.05) is 12.1 Å². The highest BCUT2D eigenvalue weighted by Crippen LogP contribution is 2.28. The van der Waals surface area contributed by atoms with Crippen molar-refractivity contribution in [2.75, 3.05) is 5.32 Å². The zero-order valence-corrected chi connectivity index (χ0v) is 14.5. The van der Waals surface area contributed by atoms with Crippen molar-refractivity contribution in [2.45, 2.75) is 20.8 Å². The van der Waals surface area contributed by atoms with E-state index in [0.29, 0.717) is 16.7 Å². The third kappa shape index (κ3) is 2.31. The maximum Gasteiger partial charge on any atom is 0.332 e. The van der Waals surface area contributed by atoms with Gasteiger partial charge in [-0.15, -0.1) is 0 Å². The molecule has 2 aromatic heterocycles. The highest BCUT2D eigenvalue weighted by atomic mass is 16.2. The van der Waals surface area contributed by atoms with Gasteiger partial charge in [0.1, 0.15) is 5.39 Å². The van der Waals surface area contributed by atoms with E-state index in [4.69, 9.17) is 0 Å². The Morgan fingerprint density at radius 2 is 1.71 bits per heavy atom. The number of fused-ring (bicyclic) bond motifs is 1. The Morgan fingerprint density at radius 3 is 2.42 bits per heavy atom. The summed E-state index contributed by atoms with van der Waals surface area (Å²) in [7, 11) is 3.10. The molecule has 6 heteroatoms. The van der Waals surface area contributed by atoms with Crippen LogP contribution in [0.2, 0.25) is 0 Å². The number of hydrogen-bond acceptors (Lipinski definition) is 4. The molecule has 0 spiro atoms. The number of aryl methyl sites for hydroxylation is 3. The summed E-state index contributed by atoms with van der Waals surface area (Å²) in [5, 5.41) is 3.79. The van der Waals surface area contributed by atoms with Gasteiger partial charge in [0.15, 0.2) is 5.65 Å². The molecule has 3 aromatic rings. The van der Waals surface area contributed by atoms with E-state index in [0.717, 1.165) is 26.9 Å². The molecule has 124 valence electrons. The molecule has 0 aliphatic carbocycles. The zero-order valence-electron chi connectivity index (χ0n) is 14.5. The van der Waals surface area contributed by atoms with Crippen LogP contribution in [0.25, 0.3) is 11.0 Å². The lowest BCUT2D eigenvalue weighted by atomic mass is 10.1. The Bertz CT molecular complexity index is 1080. The highest BCUT2D eigenvalue weighted by molar-refractivity contribution is 5.92. The summed E-state index contributed by atoms with van der Waals surface area (Å²) < 4.78 is 2.50. The fourth-order valence-corrected chi connectivity index (χ4v) is 2.81. The molecule has 2 heterocycles. The van der Waals surface area contributed by atoms with E-state index in [1.165, 1.54) is 11.6 Å². The standard InChI is InChI=1S/C18H20N4O2/c1-10-7-6-8-13(12(10)3)20-15-11(2)9-19-16-14(15)17(23)22(5)18(24)21(16)4/h6-9H,1-5H3,(H,19,20). The van der Waals surface area contributed by atoms with Crippen LogP contribution >= 0.6 is 0 Å². The number of nitrogens with zero attached hydrogens (tertiary/aromatic N) is 3. The number of aromatic nitrogens is 3. The average molecular weight is 324 g/mol. The van der Waals surface area contributed by atoms with Crippen LogP contribution in [0.5, 0.6) is 0 Å². The number of hydrogen-bond donors (Lipinski definition) is 1. The third-order valence-electron chi connectivity index (χ3n) is 4.52. The summed E-state index contributed by atoms with van der Waals surface area (Å²) in [6, 6.07) is 5.98. The minimum absolute atomic E-state index is 0.350. The first-order valence-electron chi connectivity index (χ1n) is 7.71. The second kappa shape index (κ2) is 5.63. The predicted molar refractivity (Wildman–Crippen MR) is 96.2 cm³/mol. The van der Waals surface area contributed by atoms with Gasteiger partial charge in [0.25, 0.3) is 5.56 Å². The van der Waals surface area contributed by atoms with E-state index in [9.17, 15) is 9.59 Å². The van der Waals surface area contributed by atoms with Crippen LogP contribution in [0.1, 0.15) is 16.7 Å². The van der Waals surface area contributed by atoms with Crippen LogP contribution < -0.4 is 16.6 Å². The number of benzene rings is 1. The monoisotopic (exact) mass is 324 g/mol. The minimum atomic E-state index is -0.387. The maximum atomic E-state index is 12.7. The van der Waals surface area contributed by atoms with Crippen molar-refractivity contribution >= 4 is 22.4 Å². The van der Waals surface area contributed by atoms with E-state index in [1.807, 2.05) is 39.0 Å². The van der Waals surface area contributed by atoms with Crippen LogP contribution in [0.4, 0.5) is 11.4 Å². The first kappa shape index (κ1) is 16.0. The zero-order chi connectivity index (χ0) is 17.6. The molecule has 1 aromatic carbocycles. The molecule has 0 saturated carbocycles. The van der Waals surface area contributed by atoms with Crippen molar-refractivity contribution in [3.8, 4) is 0 Å².